The van der Waals surface area contributed by atoms with Gasteiger partial charge in [0.15, 0.2) is 0 Å². The van der Waals surface area contributed by atoms with Crippen molar-refractivity contribution in [2.45, 2.75) is 33.4 Å². The first kappa shape index (κ1) is 17.6. The molecule has 1 aliphatic rings. The first-order valence-electron chi connectivity index (χ1n) is 8.43. The predicted molar refractivity (Wildman–Crippen MR) is 92.3 cm³/mol. The molecule has 0 radical (unpaired) electrons. The molecule has 0 aromatic carbocycles. The standard InChI is InChI=1S/C16H25N7O2/c1-11-7-15(21(4)19-11)18-16(24)10-22-5-6-25-14(8-22)9-23-13(3)17-12(2)20-23/h7,14H,5-6,8-10H2,1-4H3,(H,18,24). The Morgan fingerprint density at radius 1 is 1.36 bits per heavy atom. The van der Waals surface area contributed by atoms with Crippen LogP contribution >= 0.6 is 0 Å². The molecule has 9 heteroatoms. The van der Waals surface area contributed by atoms with Gasteiger partial charge in [0.05, 0.1) is 31.5 Å². The highest BCUT2D eigenvalue weighted by Crippen LogP contribution is 2.11. The molecular weight excluding hydrogens is 322 g/mol. The molecule has 1 saturated heterocycles. The molecule has 9 nitrogen and oxygen atoms in total. The normalized spacial score (nSPS) is 18.5. The number of hydrogen-bond acceptors (Lipinski definition) is 6. The van der Waals surface area contributed by atoms with Crippen molar-refractivity contribution in [2.75, 3.05) is 31.6 Å². The van der Waals surface area contributed by atoms with Gasteiger partial charge in [0.25, 0.3) is 0 Å². The van der Waals surface area contributed by atoms with E-state index in [0.717, 1.165) is 23.9 Å². The van der Waals surface area contributed by atoms with Crippen LogP contribution in [-0.4, -0.2) is 67.7 Å². The van der Waals surface area contributed by atoms with Gasteiger partial charge in [-0.05, 0) is 20.8 Å². The second kappa shape index (κ2) is 7.32. The highest BCUT2D eigenvalue weighted by molar-refractivity contribution is 5.91. The first-order valence-corrected chi connectivity index (χ1v) is 8.43. The van der Waals surface area contributed by atoms with Crippen LogP contribution in [0.25, 0.3) is 0 Å². The minimum atomic E-state index is -0.0450. The topological polar surface area (TPSA) is 90.1 Å². The van der Waals surface area contributed by atoms with E-state index in [9.17, 15) is 4.79 Å². The summed E-state index contributed by atoms with van der Waals surface area (Å²) in [6.45, 7) is 8.72. The van der Waals surface area contributed by atoms with Crippen LogP contribution in [0.3, 0.4) is 0 Å². The summed E-state index contributed by atoms with van der Waals surface area (Å²) in [7, 11) is 1.82. The molecule has 1 atom stereocenters. The summed E-state index contributed by atoms with van der Waals surface area (Å²) in [5.74, 6) is 2.30. The lowest BCUT2D eigenvalue weighted by Crippen LogP contribution is -2.47. The number of rotatable bonds is 5. The fraction of sp³-hybridized carbons (Fsp3) is 0.625. The Balaban J connectivity index is 1.53. The van der Waals surface area contributed by atoms with Crippen LogP contribution in [0, 0.1) is 20.8 Å². The zero-order valence-corrected chi connectivity index (χ0v) is 15.2. The van der Waals surface area contributed by atoms with E-state index in [1.807, 2.05) is 38.6 Å². The van der Waals surface area contributed by atoms with Gasteiger partial charge in [-0.25, -0.2) is 9.67 Å². The van der Waals surface area contributed by atoms with Crippen molar-refractivity contribution in [3.8, 4) is 0 Å². The summed E-state index contributed by atoms with van der Waals surface area (Å²) in [6, 6.07) is 1.86. The van der Waals surface area contributed by atoms with Crippen LogP contribution in [0.1, 0.15) is 17.3 Å². The molecule has 0 bridgehead atoms. The van der Waals surface area contributed by atoms with Gasteiger partial charge in [-0.3, -0.25) is 14.4 Å². The number of aromatic nitrogens is 5. The fourth-order valence-corrected chi connectivity index (χ4v) is 3.07. The van der Waals surface area contributed by atoms with Gasteiger partial charge in [-0.2, -0.15) is 10.2 Å². The predicted octanol–water partition coefficient (Wildman–Crippen LogP) is 0.276. The van der Waals surface area contributed by atoms with Crippen LogP contribution in [-0.2, 0) is 23.1 Å². The lowest BCUT2D eigenvalue weighted by molar-refractivity contribution is -0.119. The molecule has 1 N–H and O–H groups in total. The smallest absolute Gasteiger partial charge is 0.239 e. The summed E-state index contributed by atoms with van der Waals surface area (Å²) < 4.78 is 9.36. The molecule has 2 aromatic rings. The molecule has 1 aliphatic heterocycles. The van der Waals surface area contributed by atoms with E-state index >= 15 is 0 Å². The van der Waals surface area contributed by atoms with Gasteiger partial charge >= 0.3 is 0 Å². The number of hydrogen-bond donors (Lipinski definition) is 1. The highest BCUT2D eigenvalue weighted by atomic mass is 16.5. The molecule has 3 heterocycles. The molecular formula is C16H25N7O2. The number of amides is 1. The van der Waals surface area contributed by atoms with Crippen molar-refractivity contribution >= 4 is 11.7 Å². The van der Waals surface area contributed by atoms with Gasteiger partial charge in [-0.15, -0.1) is 0 Å². The maximum Gasteiger partial charge on any atom is 0.239 e. The van der Waals surface area contributed by atoms with Gasteiger partial charge in [0.2, 0.25) is 5.91 Å². The van der Waals surface area contributed by atoms with E-state index in [4.69, 9.17) is 4.74 Å². The second-order valence-corrected chi connectivity index (χ2v) is 6.46. The Hall–Kier alpha value is -2.26. The minimum Gasteiger partial charge on any atom is -0.374 e. The molecule has 25 heavy (non-hydrogen) atoms. The zero-order chi connectivity index (χ0) is 18.0. The van der Waals surface area contributed by atoms with Crippen molar-refractivity contribution < 1.29 is 9.53 Å². The summed E-state index contributed by atoms with van der Waals surface area (Å²) in [6.07, 6.45) is 0.000275. The number of morpholine rings is 1. The molecule has 136 valence electrons. The molecule has 0 spiro atoms. The van der Waals surface area contributed by atoms with Crippen molar-refractivity contribution in [3.05, 3.63) is 23.4 Å². The van der Waals surface area contributed by atoms with E-state index in [1.54, 1.807) is 4.68 Å². The molecule has 2 aromatic heterocycles. The first-order chi connectivity index (χ1) is 11.9. The van der Waals surface area contributed by atoms with Gasteiger partial charge < -0.3 is 10.1 Å². The van der Waals surface area contributed by atoms with Crippen LogP contribution in [0.5, 0.6) is 0 Å². The summed E-state index contributed by atoms with van der Waals surface area (Å²) >= 11 is 0. The van der Waals surface area contributed by atoms with E-state index in [1.165, 1.54) is 0 Å². The van der Waals surface area contributed by atoms with Crippen molar-refractivity contribution in [1.82, 2.24) is 29.4 Å². The molecule has 3 rings (SSSR count). The average Bonchev–Trinajstić information content (AvgIpc) is 3.00. The number of carbonyl (C=O) groups excluding carboxylic acids is 1. The molecule has 0 aliphatic carbocycles. The quantitative estimate of drug-likeness (QED) is 0.835. The Bertz CT molecular complexity index is 752. The Morgan fingerprint density at radius 2 is 2.16 bits per heavy atom. The van der Waals surface area contributed by atoms with Crippen LogP contribution in [0.4, 0.5) is 5.82 Å². The molecule has 1 amide bonds. The minimum absolute atomic E-state index is 0.000275. The van der Waals surface area contributed by atoms with Crippen LogP contribution < -0.4 is 5.32 Å². The fourth-order valence-electron chi connectivity index (χ4n) is 3.07. The number of aryl methyl sites for hydroxylation is 4. The van der Waals surface area contributed by atoms with E-state index < -0.39 is 0 Å². The van der Waals surface area contributed by atoms with Gasteiger partial charge in [0, 0.05) is 26.2 Å². The average molecular weight is 347 g/mol. The second-order valence-electron chi connectivity index (χ2n) is 6.46. The maximum absolute atomic E-state index is 12.3. The van der Waals surface area contributed by atoms with Gasteiger partial charge in [-0.1, -0.05) is 0 Å². The van der Waals surface area contributed by atoms with Crippen molar-refractivity contribution in [1.29, 1.82) is 0 Å². The lowest BCUT2D eigenvalue weighted by atomic mass is 10.2. The summed E-state index contributed by atoms with van der Waals surface area (Å²) in [5, 5.41) is 11.5. The number of carbonyl (C=O) groups is 1. The van der Waals surface area contributed by atoms with Crippen molar-refractivity contribution in [3.63, 3.8) is 0 Å². The third kappa shape index (κ3) is 4.43. The molecule has 1 unspecified atom stereocenters. The molecule has 1 fully saturated rings. The SMILES string of the molecule is Cc1cc(NC(=O)CN2CCOC(Cn3nc(C)nc3C)C2)n(C)n1. The monoisotopic (exact) mass is 347 g/mol. The van der Waals surface area contributed by atoms with E-state index in [2.05, 4.69) is 25.4 Å². The third-order valence-electron chi connectivity index (χ3n) is 4.20. The summed E-state index contributed by atoms with van der Waals surface area (Å²) in [5.41, 5.74) is 0.878. The summed E-state index contributed by atoms with van der Waals surface area (Å²) in [4.78, 5) is 18.7. The Morgan fingerprint density at radius 3 is 2.80 bits per heavy atom. The number of anilines is 1. The number of ether oxygens (including phenoxy) is 1. The van der Waals surface area contributed by atoms with E-state index in [0.29, 0.717) is 32.1 Å². The van der Waals surface area contributed by atoms with Crippen LogP contribution in [0.2, 0.25) is 0 Å². The Kier molecular flexibility index (Phi) is 5.14. The highest BCUT2D eigenvalue weighted by Gasteiger charge is 2.23. The number of nitrogens with zero attached hydrogens (tertiary/aromatic N) is 6. The van der Waals surface area contributed by atoms with Gasteiger partial charge in [0.1, 0.15) is 17.5 Å². The molecule has 0 saturated carbocycles. The van der Waals surface area contributed by atoms with Crippen molar-refractivity contribution in [2.24, 2.45) is 7.05 Å². The maximum atomic E-state index is 12.3. The zero-order valence-electron chi connectivity index (χ0n) is 15.2. The third-order valence-corrected chi connectivity index (χ3v) is 4.20. The lowest BCUT2D eigenvalue weighted by Gasteiger charge is -2.32. The largest absolute Gasteiger partial charge is 0.374 e. The Labute approximate surface area is 147 Å². The van der Waals surface area contributed by atoms with E-state index in [-0.39, 0.29) is 12.0 Å². The van der Waals surface area contributed by atoms with Crippen LogP contribution in [0.15, 0.2) is 6.07 Å². The number of nitrogens with one attached hydrogen (secondary N) is 1.